The number of carboxylic acids is 1. The summed E-state index contributed by atoms with van der Waals surface area (Å²) < 4.78 is 0. The molecule has 1 aromatic rings. The second-order valence-corrected chi connectivity index (χ2v) is 5.37. The first kappa shape index (κ1) is 14.1. The van der Waals surface area contributed by atoms with Gasteiger partial charge in [0.2, 0.25) is 0 Å². The van der Waals surface area contributed by atoms with Crippen molar-refractivity contribution in [3.8, 4) is 0 Å². The van der Waals surface area contributed by atoms with E-state index in [1.807, 2.05) is 0 Å². The minimum atomic E-state index is -0.935. The van der Waals surface area contributed by atoms with Crippen LogP contribution in [-0.2, 0) is 10.5 Å². The third-order valence-corrected chi connectivity index (χ3v) is 3.79. The van der Waals surface area contributed by atoms with Crippen molar-refractivity contribution in [3.63, 3.8) is 0 Å². The van der Waals surface area contributed by atoms with Crippen LogP contribution in [0, 0.1) is 20.8 Å². The van der Waals surface area contributed by atoms with Crippen molar-refractivity contribution in [1.82, 2.24) is 0 Å². The Hall–Kier alpha value is -1.00. The van der Waals surface area contributed by atoms with Crippen LogP contribution in [0.4, 0.5) is 0 Å². The van der Waals surface area contributed by atoms with Gasteiger partial charge < -0.3 is 10.8 Å². The molecule has 0 unspecified atom stereocenters. The average molecular weight is 253 g/mol. The van der Waals surface area contributed by atoms with Crippen molar-refractivity contribution in [3.05, 3.63) is 34.4 Å². The molecule has 0 saturated carbocycles. The summed E-state index contributed by atoms with van der Waals surface area (Å²) in [5.74, 6) is 0.330. The van der Waals surface area contributed by atoms with E-state index in [1.165, 1.54) is 22.3 Å². The monoisotopic (exact) mass is 253 g/mol. The lowest BCUT2D eigenvalue weighted by atomic mass is 10.0. The van der Waals surface area contributed by atoms with E-state index >= 15 is 0 Å². The van der Waals surface area contributed by atoms with Crippen LogP contribution in [-0.4, -0.2) is 22.9 Å². The van der Waals surface area contributed by atoms with Crippen molar-refractivity contribution in [2.75, 3.05) is 5.75 Å². The Labute approximate surface area is 106 Å². The van der Waals surface area contributed by atoms with Gasteiger partial charge in [0.05, 0.1) is 0 Å². The topological polar surface area (TPSA) is 63.3 Å². The first-order valence-corrected chi connectivity index (χ1v) is 6.70. The Balaban J connectivity index is 2.61. The van der Waals surface area contributed by atoms with Gasteiger partial charge in [-0.25, -0.2) is 0 Å². The van der Waals surface area contributed by atoms with Crippen LogP contribution in [0.5, 0.6) is 0 Å². The zero-order valence-electron chi connectivity index (χ0n) is 10.5. The van der Waals surface area contributed by atoms with E-state index in [0.717, 1.165) is 5.75 Å². The van der Waals surface area contributed by atoms with Crippen LogP contribution in [0.25, 0.3) is 0 Å². The lowest BCUT2D eigenvalue weighted by Gasteiger charge is -2.12. The Bertz CT molecular complexity index is 395. The highest BCUT2D eigenvalue weighted by molar-refractivity contribution is 7.98. The maximum Gasteiger partial charge on any atom is 0.321 e. The molecular weight excluding hydrogens is 234 g/mol. The van der Waals surface area contributed by atoms with Gasteiger partial charge in [0.25, 0.3) is 0 Å². The van der Waals surface area contributed by atoms with Gasteiger partial charge in [0, 0.05) is 11.5 Å². The number of rotatable bonds is 5. The highest BCUT2D eigenvalue weighted by Crippen LogP contribution is 2.22. The van der Waals surface area contributed by atoms with Crippen LogP contribution in [0.15, 0.2) is 12.1 Å². The summed E-state index contributed by atoms with van der Waals surface area (Å²) in [4.78, 5) is 10.6. The molecule has 4 heteroatoms. The highest BCUT2D eigenvalue weighted by atomic mass is 32.2. The molecule has 0 bridgehead atoms. The molecule has 0 aromatic heterocycles. The molecule has 1 rings (SSSR count). The maximum absolute atomic E-state index is 10.6. The molecule has 1 aromatic carbocycles. The fraction of sp³-hybridized carbons (Fsp3) is 0.462. The number of benzene rings is 1. The largest absolute Gasteiger partial charge is 0.480 e. The Morgan fingerprint density at radius 3 is 2.35 bits per heavy atom. The van der Waals surface area contributed by atoms with E-state index in [1.54, 1.807) is 11.8 Å². The van der Waals surface area contributed by atoms with Gasteiger partial charge in [-0.05, 0) is 37.5 Å². The maximum atomic E-state index is 10.6. The number of carboxylic acid groups (broad SMARTS) is 1. The van der Waals surface area contributed by atoms with E-state index in [2.05, 4.69) is 32.9 Å². The van der Waals surface area contributed by atoms with Crippen molar-refractivity contribution in [2.24, 2.45) is 5.73 Å². The average Bonchev–Trinajstić information content (AvgIpc) is 2.21. The van der Waals surface area contributed by atoms with Crippen LogP contribution in [0.3, 0.4) is 0 Å². The summed E-state index contributed by atoms with van der Waals surface area (Å²) >= 11 is 1.57. The molecule has 0 saturated heterocycles. The lowest BCUT2D eigenvalue weighted by Crippen LogP contribution is -2.32. The standard InChI is InChI=1S/C13H19NO2S/c1-8-4-9(2)11(10(3)5-8)6-17-7-12(14)13(15)16/h4-5,12H,6-7,14H2,1-3H3,(H,15,16)/t12-/m1/s1. The summed E-state index contributed by atoms with van der Waals surface area (Å²) in [7, 11) is 0. The van der Waals surface area contributed by atoms with E-state index in [0.29, 0.717) is 5.75 Å². The van der Waals surface area contributed by atoms with Crippen molar-refractivity contribution in [2.45, 2.75) is 32.6 Å². The van der Waals surface area contributed by atoms with Gasteiger partial charge in [-0.1, -0.05) is 17.7 Å². The summed E-state index contributed by atoms with van der Waals surface area (Å²) in [6, 6.07) is 3.53. The number of hydrogen-bond donors (Lipinski definition) is 2. The van der Waals surface area contributed by atoms with E-state index < -0.39 is 12.0 Å². The molecule has 1 atom stereocenters. The first-order valence-electron chi connectivity index (χ1n) is 5.54. The molecule has 0 heterocycles. The van der Waals surface area contributed by atoms with Crippen molar-refractivity contribution < 1.29 is 9.90 Å². The van der Waals surface area contributed by atoms with Crippen LogP contribution < -0.4 is 5.73 Å². The molecule has 3 nitrogen and oxygen atoms in total. The third-order valence-electron chi connectivity index (χ3n) is 2.70. The molecule has 0 fully saturated rings. The van der Waals surface area contributed by atoms with Crippen molar-refractivity contribution >= 4 is 17.7 Å². The molecule has 0 aliphatic heterocycles. The zero-order valence-corrected chi connectivity index (χ0v) is 11.3. The SMILES string of the molecule is Cc1cc(C)c(CSC[C@@H](N)C(=O)O)c(C)c1. The van der Waals surface area contributed by atoms with Crippen LogP contribution in [0.1, 0.15) is 22.3 Å². The molecule has 0 aliphatic carbocycles. The zero-order chi connectivity index (χ0) is 13.0. The molecule has 0 spiro atoms. The molecule has 3 N–H and O–H groups in total. The lowest BCUT2D eigenvalue weighted by molar-refractivity contribution is -0.137. The Morgan fingerprint density at radius 2 is 1.88 bits per heavy atom. The molecule has 0 amide bonds. The molecular formula is C13H19NO2S. The molecule has 94 valence electrons. The minimum Gasteiger partial charge on any atom is -0.480 e. The van der Waals surface area contributed by atoms with Gasteiger partial charge in [-0.3, -0.25) is 4.79 Å². The quantitative estimate of drug-likeness (QED) is 0.845. The fourth-order valence-electron chi connectivity index (χ4n) is 1.80. The normalized spacial score (nSPS) is 12.5. The van der Waals surface area contributed by atoms with Crippen molar-refractivity contribution in [1.29, 1.82) is 0 Å². The van der Waals surface area contributed by atoms with E-state index in [-0.39, 0.29) is 0 Å². The van der Waals surface area contributed by atoms with E-state index in [9.17, 15) is 4.79 Å². The predicted molar refractivity (Wildman–Crippen MR) is 72.4 cm³/mol. The van der Waals surface area contributed by atoms with E-state index in [4.69, 9.17) is 10.8 Å². The highest BCUT2D eigenvalue weighted by Gasteiger charge is 2.12. The summed E-state index contributed by atoms with van der Waals surface area (Å²) in [6.45, 7) is 6.26. The van der Waals surface area contributed by atoms with Gasteiger partial charge in [0.1, 0.15) is 6.04 Å². The summed E-state index contributed by atoms with van der Waals surface area (Å²) in [5, 5.41) is 8.69. The predicted octanol–water partition coefficient (Wildman–Crippen LogP) is 2.26. The van der Waals surface area contributed by atoms with Gasteiger partial charge in [-0.2, -0.15) is 11.8 Å². The number of aliphatic carboxylic acids is 1. The molecule has 0 aliphatic rings. The molecule has 17 heavy (non-hydrogen) atoms. The first-order chi connectivity index (χ1) is 7.91. The third kappa shape index (κ3) is 4.06. The minimum absolute atomic E-state index is 0.447. The number of carbonyl (C=O) groups is 1. The number of thioether (sulfide) groups is 1. The Morgan fingerprint density at radius 1 is 1.35 bits per heavy atom. The number of hydrogen-bond acceptors (Lipinski definition) is 3. The van der Waals surface area contributed by atoms with Gasteiger partial charge in [-0.15, -0.1) is 0 Å². The number of nitrogens with two attached hydrogens (primary N) is 1. The smallest absolute Gasteiger partial charge is 0.321 e. The Kier molecular flexibility index (Phi) is 5.02. The second-order valence-electron chi connectivity index (χ2n) is 4.34. The summed E-state index contributed by atoms with van der Waals surface area (Å²) in [6.07, 6.45) is 0. The number of aryl methyl sites for hydroxylation is 3. The van der Waals surface area contributed by atoms with Gasteiger partial charge >= 0.3 is 5.97 Å². The molecule has 0 radical (unpaired) electrons. The second kappa shape index (κ2) is 6.07. The van der Waals surface area contributed by atoms with Crippen LogP contribution in [0.2, 0.25) is 0 Å². The van der Waals surface area contributed by atoms with Gasteiger partial charge in [0.15, 0.2) is 0 Å². The van der Waals surface area contributed by atoms with Crippen LogP contribution >= 0.6 is 11.8 Å². The fourth-order valence-corrected chi connectivity index (χ4v) is 2.97. The summed E-state index contributed by atoms with van der Waals surface area (Å²) in [5.41, 5.74) is 10.5.